The van der Waals surface area contributed by atoms with Gasteiger partial charge in [0.1, 0.15) is 17.2 Å². The fourth-order valence-corrected chi connectivity index (χ4v) is 3.31. The predicted molar refractivity (Wildman–Crippen MR) is 103 cm³/mol. The first-order chi connectivity index (χ1) is 13.2. The average Bonchev–Trinajstić information content (AvgIpc) is 3.06. The van der Waals surface area contributed by atoms with Crippen molar-refractivity contribution in [2.75, 3.05) is 0 Å². The molecule has 1 amide bonds. The minimum atomic E-state index is -0.625. The summed E-state index contributed by atoms with van der Waals surface area (Å²) in [6.45, 7) is 1.67. The smallest absolute Gasteiger partial charge is 0.329 e. The van der Waals surface area contributed by atoms with Crippen molar-refractivity contribution >= 4 is 40.3 Å². The van der Waals surface area contributed by atoms with E-state index in [1.165, 1.54) is 23.7 Å². The molecule has 3 rings (SSSR count). The van der Waals surface area contributed by atoms with E-state index in [9.17, 15) is 18.8 Å². The number of halogens is 3. The van der Waals surface area contributed by atoms with Crippen molar-refractivity contribution in [3.63, 3.8) is 0 Å². The highest BCUT2D eigenvalue weighted by molar-refractivity contribution is 6.35. The molecule has 3 aromatic rings. The molecule has 2 heterocycles. The Labute approximate surface area is 167 Å². The van der Waals surface area contributed by atoms with Crippen LogP contribution in [0.2, 0.25) is 10.0 Å². The van der Waals surface area contributed by atoms with Gasteiger partial charge in [0.05, 0.1) is 11.1 Å². The van der Waals surface area contributed by atoms with Crippen LogP contribution in [0.15, 0.2) is 21.7 Å². The number of amides is 1. The van der Waals surface area contributed by atoms with Crippen LogP contribution in [0.25, 0.3) is 11.2 Å². The van der Waals surface area contributed by atoms with Crippen molar-refractivity contribution in [1.82, 2.24) is 24.8 Å². The highest BCUT2D eigenvalue weighted by atomic mass is 35.5. The van der Waals surface area contributed by atoms with E-state index in [4.69, 9.17) is 23.2 Å². The number of benzene rings is 1. The third kappa shape index (κ3) is 3.95. The third-order valence-electron chi connectivity index (χ3n) is 4.28. The molecule has 148 valence electrons. The summed E-state index contributed by atoms with van der Waals surface area (Å²) < 4.78 is 14.9. The fourth-order valence-electron chi connectivity index (χ4n) is 2.76. The zero-order chi connectivity index (χ0) is 20.6. The van der Waals surface area contributed by atoms with Crippen LogP contribution < -0.4 is 16.6 Å². The molecule has 0 aliphatic rings. The highest BCUT2D eigenvalue weighted by Crippen LogP contribution is 2.28. The van der Waals surface area contributed by atoms with Gasteiger partial charge in [-0.15, -0.1) is 0 Å². The maximum Gasteiger partial charge on any atom is 0.329 e. The molecule has 1 unspecified atom stereocenters. The molecule has 1 atom stereocenters. The molecular formula is C17H16Cl2FN5O3. The molecule has 0 spiro atoms. The Hall–Kier alpha value is -2.65. The van der Waals surface area contributed by atoms with Crippen LogP contribution in [0.5, 0.6) is 0 Å². The van der Waals surface area contributed by atoms with Crippen LogP contribution in [0.3, 0.4) is 0 Å². The van der Waals surface area contributed by atoms with Gasteiger partial charge < -0.3 is 10.3 Å². The van der Waals surface area contributed by atoms with E-state index >= 15 is 0 Å². The number of nitrogens with zero attached hydrogens (tertiary/aromatic N) is 2. The second-order valence-corrected chi connectivity index (χ2v) is 7.09. The Kier molecular flexibility index (Phi) is 5.57. The molecule has 0 fully saturated rings. The summed E-state index contributed by atoms with van der Waals surface area (Å²) in [5.41, 5.74) is -0.374. The zero-order valence-electron chi connectivity index (χ0n) is 14.9. The number of aryl methyl sites for hydroxylation is 2. The summed E-state index contributed by atoms with van der Waals surface area (Å²) in [6.07, 6.45) is 0.271. The Balaban J connectivity index is 1.69. The number of fused-ring (bicyclic) bond motifs is 1. The highest BCUT2D eigenvalue weighted by Gasteiger charge is 2.17. The standard InChI is InChI=1S/C17H16Cl2FN5O3/c1-7(8-5-11(20)10(19)6-9(8)18)21-13(26)4-3-12-22-14-15(23-12)25(2)17(28)24-16(14)27/h5-7H,3-4H2,1-2H3,(H,21,26)(H,22,23)(H,24,27,28). The minimum Gasteiger partial charge on any atom is -0.350 e. The Morgan fingerprint density at radius 3 is 2.71 bits per heavy atom. The third-order valence-corrected chi connectivity index (χ3v) is 4.89. The van der Waals surface area contributed by atoms with E-state index in [1.807, 2.05) is 0 Å². The Bertz CT molecular complexity index is 1180. The molecule has 3 N–H and O–H groups in total. The molecule has 0 radical (unpaired) electrons. The topological polar surface area (TPSA) is 113 Å². The van der Waals surface area contributed by atoms with Crippen LogP contribution in [0.1, 0.15) is 30.8 Å². The number of H-pyrrole nitrogens is 2. The predicted octanol–water partition coefficient (Wildman–Crippen LogP) is 2.21. The van der Waals surface area contributed by atoms with Gasteiger partial charge in [0.15, 0.2) is 5.65 Å². The van der Waals surface area contributed by atoms with Gasteiger partial charge >= 0.3 is 5.69 Å². The van der Waals surface area contributed by atoms with Crippen molar-refractivity contribution in [1.29, 1.82) is 0 Å². The molecule has 0 bridgehead atoms. The second kappa shape index (κ2) is 7.76. The van der Waals surface area contributed by atoms with Gasteiger partial charge in [-0.25, -0.2) is 14.2 Å². The number of imidazole rings is 1. The van der Waals surface area contributed by atoms with Crippen molar-refractivity contribution in [2.24, 2.45) is 7.05 Å². The van der Waals surface area contributed by atoms with Crippen molar-refractivity contribution in [3.8, 4) is 0 Å². The van der Waals surface area contributed by atoms with Crippen LogP contribution in [-0.2, 0) is 18.3 Å². The molecule has 0 saturated heterocycles. The number of nitrogens with one attached hydrogen (secondary N) is 3. The lowest BCUT2D eigenvalue weighted by Gasteiger charge is -2.16. The quantitative estimate of drug-likeness (QED) is 0.541. The van der Waals surface area contributed by atoms with Gasteiger partial charge in [-0.2, -0.15) is 0 Å². The number of carbonyl (C=O) groups is 1. The first kappa shape index (κ1) is 20.1. The largest absolute Gasteiger partial charge is 0.350 e. The molecule has 1 aromatic carbocycles. The summed E-state index contributed by atoms with van der Waals surface area (Å²) in [4.78, 5) is 44.8. The number of hydrogen-bond donors (Lipinski definition) is 3. The van der Waals surface area contributed by atoms with Crippen LogP contribution in [0.4, 0.5) is 4.39 Å². The molecule has 28 heavy (non-hydrogen) atoms. The van der Waals surface area contributed by atoms with Gasteiger partial charge in [0, 0.05) is 24.9 Å². The van der Waals surface area contributed by atoms with Crippen molar-refractivity contribution < 1.29 is 9.18 Å². The number of hydrogen-bond acceptors (Lipinski definition) is 4. The van der Waals surface area contributed by atoms with E-state index in [-0.39, 0.29) is 40.0 Å². The van der Waals surface area contributed by atoms with Gasteiger partial charge in [-0.3, -0.25) is 19.1 Å². The number of aromatic amines is 2. The first-order valence-corrected chi connectivity index (χ1v) is 9.04. The van der Waals surface area contributed by atoms with Crippen molar-refractivity contribution in [3.05, 3.63) is 60.2 Å². The van der Waals surface area contributed by atoms with Gasteiger partial charge in [-0.1, -0.05) is 23.2 Å². The minimum absolute atomic E-state index is 0.0592. The second-order valence-electron chi connectivity index (χ2n) is 6.28. The lowest BCUT2D eigenvalue weighted by atomic mass is 10.1. The van der Waals surface area contributed by atoms with Gasteiger partial charge in [0.2, 0.25) is 5.91 Å². The van der Waals surface area contributed by atoms with E-state index < -0.39 is 23.1 Å². The fraction of sp³-hybridized carbons (Fsp3) is 0.294. The van der Waals surface area contributed by atoms with E-state index in [0.29, 0.717) is 11.4 Å². The summed E-state index contributed by atoms with van der Waals surface area (Å²) in [5, 5.41) is 2.87. The lowest BCUT2D eigenvalue weighted by Crippen LogP contribution is -2.28. The van der Waals surface area contributed by atoms with Gasteiger partial charge in [0.25, 0.3) is 5.56 Å². The monoisotopic (exact) mass is 427 g/mol. The Morgan fingerprint density at radius 2 is 2.00 bits per heavy atom. The van der Waals surface area contributed by atoms with Crippen LogP contribution >= 0.6 is 23.2 Å². The summed E-state index contributed by atoms with van der Waals surface area (Å²) >= 11 is 11.7. The van der Waals surface area contributed by atoms with Crippen LogP contribution in [-0.4, -0.2) is 25.4 Å². The summed E-state index contributed by atoms with van der Waals surface area (Å²) in [5.74, 6) is -0.553. The van der Waals surface area contributed by atoms with E-state index in [2.05, 4.69) is 20.3 Å². The molecule has 2 aromatic heterocycles. The molecule has 0 aliphatic carbocycles. The summed E-state index contributed by atoms with van der Waals surface area (Å²) in [6, 6.07) is 1.93. The maximum atomic E-state index is 13.7. The Morgan fingerprint density at radius 1 is 1.29 bits per heavy atom. The van der Waals surface area contributed by atoms with E-state index in [1.54, 1.807) is 6.92 Å². The first-order valence-electron chi connectivity index (χ1n) is 8.29. The maximum absolute atomic E-state index is 13.7. The molecule has 0 aliphatic heterocycles. The molecule has 11 heteroatoms. The normalized spacial score (nSPS) is 12.3. The molecule has 8 nitrogen and oxygen atoms in total. The zero-order valence-corrected chi connectivity index (χ0v) is 16.4. The average molecular weight is 428 g/mol. The number of rotatable bonds is 5. The number of aromatic nitrogens is 4. The van der Waals surface area contributed by atoms with Crippen LogP contribution in [0, 0.1) is 5.82 Å². The van der Waals surface area contributed by atoms with Gasteiger partial charge in [-0.05, 0) is 24.6 Å². The molecule has 0 saturated carbocycles. The SMILES string of the molecule is CC(NC(=O)CCc1nc2c([nH]1)c(=O)[nH]c(=O)n2C)c1cc(F)c(Cl)cc1Cl. The summed E-state index contributed by atoms with van der Waals surface area (Å²) in [7, 11) is 1.48. The van der Waals surface area contributed by atoms with Crippen molar-refractivity contribution in [2.45, 2.75) is 25.8 Å². The molecular weight excluding hydrogens is 412 g/mol. The lowest BCUT2D eigenvalue weighted by molar-refractivity contribution is -0.121. The number of carbonyl (C=O) groups excluding carboxylic acids is 1. The van der Waals surface area contributed by atoms with E-state index in [0.717, 1.165) is 0 Å².